The Hall–Kier alpha value is -1.15. The van der Waals surface area contributed by atoms with Gasteiger partial charge in [0.1, 0.15) is 6.61 Å². The monoisotopic (exact) mass is 204 g/mol. The maximum atomic E-state index is 11.6. The number of hydrogen-bond acceptors (Lipinski definition) is 2. The summed E-state index contributed by atoms with van der Waals surface area (Å²) in [6.07, 6.45) is 0.996. The molecule has 0 N–H and O–H groups in total. The van der Waals surface area contributed by atoms with Gasteiger partial charge >= 0.3 is 0 Å². The van der Waals surface area contributed by atoms with Crippen molar-refractivity contribution in [2.45, 2.75) is 19.3 Å². The molecule has 0 bridgehead atoms. The van der Waals surface area contributed by atoms with E-state index in [0.717, 1.165) is 6.42 Å². The molecule has 0 amide bonds. The van der Waals surface area contributed by atoms with Crippen molar-refractivity contribution in [3.8, 4) is 0 Å². The van der Waals surface area contributed by atoms with Crippen molar-refractivity contribution >= 4 is 5.78 Å². The van der Waals surface area contributed by atoms with E-state index in [2.05, 4.69) is 12.1 Å². The quantitative estimate of drug-likeness (QED) is 0.736. The summed E-state index contributed by atoms with van der Waals surface area (Å²) in [4.78, 5) is 11.6. The first kappa shape index (κ1) is 10.4. The zero-order valence-electron chi connectivity index (χ0n) is 8.98. The van der Waals surface area contributed by atoms with E-state index in [1.165, 1.54) is 5.56 Å². The lowest BCUT2D eigenvalue weighted by Gasteiger charge is -2.00. The van der Waals surface area contributed by atoms with Crippen LogP contribution in [0.5, 0.6) is 0 Å². The van der Waals surface area contributed by atoms with Crippen LogP contribution in [0.2, 0.25) is 0 Å². The van der Waals surface area contributed by atoms with E-state index in [4.69, 9.17) is 4.74 Å². The Kier molecular flexibility index (Phi) is 3.17. The van der Waals surface area contributed by atoms with Crippen LogP contribution in [0.1, 0.15) is 24.8 Å². The second kappa shape index (κ2) is 4.58. The molecular weight excluding hydrogens is 188 g/mol. The first-order chi connectivity index (χ1) is 7.33. The fraction of sp³-hybridized carbons (Fsp3) is 0.462. The van der Waals surface area contributed by atoms with Crippen molar-refractivity contribution in [1.29, 1.82) is 0 Å². The summed E-state index contributed by atoms with van der Waals surface area (Å²) in [6, 6.07) is 10.2. The summed E-state index contributed by atoms with van der Waals surface area (Å²) in [7, 11) is 0. The third-order valence-electron chi connectivity index (χ3n) is 2.88. The predicted molar refractivity (Wildman–Crippen MR) is 58.8 cm³/mol. The SMILES string of the molecule is CCOCC(=O)C1CC1c1ccccc1. The number of ether oxygens (including phenoxy) is 1. The lowest BCUT2D eigenvalue weighted by atomic mass is 10.1. The van der Waals surface area contributed by atoms with E-state index in [1.54, 1.807) is 0 Å². The number of Topliss-reactive ketones (excluding diaryl/α,β-unsaturated/α-hetero) is 1. The average molecular weight is 204 g/mol. The molecule has 0 saturated heterocycles. The molecule has 15 heavy (non-hydrogen) atoms. The van der Waals surface area contributed by atoms with Crippen LogP contribution in [-0.2, 0) is 9.53 Å². The number of carbonyl (C=O) groups excluding carboxylic acids is 1. The lowest BCUT2D eigenvalue weighted by Crippen LogP contribution is -2.11. The average Bonchev–Trinajstić information content (AvgIpc) is 3.07. The van der Waals surface area contributed by atoms with E-state index in [9.17, 15) is 4.79 Å². The number of rotatable bonds is 5. The van der Waals surface area contributed by atoms with Gasteiger partial charge in [0.05, 0.1) is 0 Å². The Morgan fingerprint density at radius 3 is 2.80 bits per heavy atom. The van der Waals surface area contributed by atoms with Gasteiger partial charge in [-0.2, -0.15) is 0 Å². The topological polar surface area (TPSA) is 26.3 Å². The number of carbonyl (C=O) groups is 1. The molecule has 1 aliphatic rings. The molecular formula is C13H16O2. The van der Waals surface area contributed by atoms with Crippen LogP contribution in [-0.4, -0.2) is 19.0 Å². The van der Waals surface area contributed by atoms with Gasteiger partial charge < -0.3 is 4.74 Å². The van der Waals surface area contributed by atoms with Gasteiger partial charge in [0.25, 0.3) is 0 Å². The van der Waals surface area contributed by atoms with E-state index in [-0.39, 0.29) is 18.3 Å². The third kappa shape index (κ3) is 2.45. The summed E-state index contributed by atoms with van der Waals surface area (Å²) in [5.41, 5.74) is 1.28. The van der Waals surface area contributed by atoms with Crippen LogP contribution in [0.4, 0.5) is 0 Å². The Morgan fingerprint density at radius 2 is 2.13 bits per heavy atom. The normalized spacial score (nSPS) is 23.8. The zero-order chi connectivity index (χ0) is 10.7. The summed E-state index contributed by atoms with van der Waals surface area (Å²) in [6.45, 7) is 2.81. The van der Waals surface area contributed by atoms with E-state index >= 15 is 0 Å². The molecule has 1 saturated carbocycles. The molecule has 2 atom stereocenters. The molecule has 1 aromatic rings. The first-order valence-corrected chi connectivity index (χ1v) is 5.48. The van der Waals surface area contributed by atoms with Gasteiger partial charge in [-0.3, -0.25) is 4.79 Å². The Balaban J connectivity index is 1.88. The van der Waals surface area contributed by atoms with Crippen LogP contribution >= 0.6 is 0 Å². The zero-order valence-corrected chi connectivity index (χ0v) is 8.98. The van der Waals surface area contributed by atoms with Gasteiger partial charge in [-0.1, -0.05) is 30.3 Å². The van der Waals surface area contributed by atoms with Crippen molar-refractivity contribution in [3.05, 3.63) is 35.9 Å². The highest BCUT2D eigenvalue weighted by Crippen LogP contribution is 2.47. The van der Waals surface area contributed by atoms with Crippen LogP contribution in [0.3, 0.4) is 0 Å². The molecule has 0 radical (unpaired) electrons. The minimum absolute atomic E-state index is 0.207. The number of benzene rings is 1. The molecule has 1 aliphatic carbocycles. The Labute approximate surface area is 90.3 Å². The fourth-order valence-electron chi connectivity index (χ4n) is 1.93. The molecule has 0 heterocycles. The van der Waals surface area contributed by atoms with Crippen molar-refractivity contribution in [3.63, 3.8) is 0 Å². The highest BCUT2D eigenvalue weighted by atomic mass is 16.5. The second-order valence-electron chi connectivity index (χ2n) is 3.96. The lowest BCUT2D eigenvalue weighted by molar-refractivity contribution is -0.124. The van der Waals surface area contributed by atoms with Crippen molar-refractivity contribution in [2.75, 3.05) is 13.2 Å². The highest BCUT2D eigenvalue weighted by molar-refractivity contribution is 5.86. The first-order valence-electron chi connectivity index (χ1n) is 5.48. The molecule has 2 rings (SSSR count). The van der Waals surface area contributed by atoms with Crippen molar-refractivity contribution in [2.24, 2.45) is 5.92 Å². The molecule has 0 aromatic heterocycles. The van der Waals surface area contributed by atoms with Crippen molar-refractivity contribution < 1.29 is 9.53 Å². The fourth-order valence-corrected chi connectivity index (χ4v) is 1.93. The smallest absolute Gasteiger partial charge is 0.162 e. The van der Waals surface area contributed by atoms with Gasteiger partial charge in [-0.25, -0.2) is 0 Å². The van der Waals surface area contributed by atoms with Gasteiger partial charge in [0, 0.05) is 12.5 Å². The minimum atomic E-state index is 0.207. The largest absolute Gasteiger partial charge is 0.374 e. The van der Waals surface area contributed by atoms with Crippen LogP contribution < -0.4 is 0 Å². The van der Waals surface area contributed by atoms with E-state index in [0.29, 0.717) is 12.5 Å². The molecule has 2 unspecified atom stereocenters. The maximum absolute atomic E-state index is 11.6. The third-order valence-corrected chi connectivity index (χ3v) is 2.88. The molecule has 0 spiro atoms. The maximum Gasteiger partial charge on any atom is 0.162 e. The van der Waals surface area contributed by atoms with Gasteiger partial charge in [0.15, 0.2) is 5.78 Å². The Morgan fingerprint density at radius 1 is 1.40 bits per heavy atom. The molecule has 2 nitrogen and oxygen atoms in total. The Bertz CT molecular complexity index is 332. The van der Waals surface area contributed by atoms with Crippen LogP contribution in [0.25, 0.3) is 0 Å². The number of ketones is 1. The van der Waals surface area contributed by atoms with E-state index in [1.807, 2.05) is 25.1 Å². The highest BCUT2D eigenvalue weighted by Gasteiger charge is 2.43. The van der Waals surface area contributed by atoms with Crippen LogP contribution in [0.15, 0.2) is 30.3 Å². The molecule has 1 aromatic carbocycles. The predicted octanol–water partition coefficient (Wildman–Crippen LogP) is 2.40. The van der Waals surface area contributed by atoms with Crippen LogP contribution in [0, 0.1) is 5.92 Å². The molecule has 80 valence electrons. The summed E-state index contributed by atoms with van der Waals surface area (Å²) < 4.78 is 5.13. The molecule has 1 fully saturated rings. The minimum Gasteiger partial charge on any atom is -0.374 e. The van der Waals surface area contributed by atoms with Gasteiger partial charge in [-0.15, -0.1) is 0 Å². The van der Waals surface area contributed by atoms with Gasteiger partial charge in [0.2, 0.25) is 0 Å². The van der Waals surface area contributed by atoms with Gasteiger partial charge in [-0.05, 0) is 24.8 Å². The van der Waals surface area contributed by atoms with E-state index < -0.39 is 0 Å². The van der Waals surface area contributed by atoms with Crippen molar-refractivity contribution in [1.82, 2.24) is 0 Å². The second-order valence-corrected chi connectivity index (χ2v) is 3.96. The summed E-state index contributed by atoms with van der Waals surface area (Å²) in [5.74, 6) is 0.906. The standard InChI is InChI=1S/C13H16O2/c1-2-15-9-13(14)12-8-11(12)10-6-4-3-5-7-10/h3-7,11-12H,2,8-9H2,1H3. The summed E-state index contributed by atoms with van der Waals surface area (Å²) >= 11 is 0. The number of hydrogen-bond donors (Lipinski definition) is 0. The molecule has 2 heteroatoms. The summed E-state index contributed by atoms with van der Waals surface area (Å²) in [5, 5.41) is 0. The molecule has 0 aliphatic heterocycles.